The largest absolute Gasteiger partial charge is 1.00 e. The van der Waals surface area contributed by atoms with Crippen molar-refractivity contribution in [2.45, 2.75) is 25.3 Å². The molecule has 2 aromatic carbocycles. The van der Waals surface area contributed by atoms with E-state index in [4.69, 9.17) is 0 Å². The van der Waals surface area contributed by atoms with Crippen molar-refractivity contribution in [2.75, 3.05) is 11.9 Å². The molecule has 0 amide bonds. The fourth-order valence-corrected chi connectivity index (χ4v) is 4.48. The Balaban J connectivity index is 0.00000182. The van der Waals surface area contributed by atoms with Crippen LogP contribution in [0.5, 0.6) is 0 Å². The van der Waals surface area contributed by atoms with Crippen molar-refractivity contribution in [1.29, 1.82) is 0 Å². The summed E-state index contributed by atoms with van der Waals surface area (Å²) < 4.78 is 2.38. The molecule has 25 heavy (non-hydrogen) atoms. The first-order valence-corrected chi connectivity index (χ1v) is 9.14. The van der Waals surface area contributed by atoms with Crippen LogP contribution in [-0.2, 0) is 6.54 Å². The smallest absolute Gasteiger partial charge is 0.212 e. The highest BCUT2D eigenvalue weighted by Gasteiger charge is 2.23. The summed E-state index contributed by atoms with van der Waals surface area (Å²) in [6, 6.07) is 19.7. The summed E-state index contributed by atoms with van der Waals surface area (Å²) in [6.45, 7) is 5.32. The van der Waals surface area contributed by atoms with E-state index < -0.39 is 0 Å². The molecular formula is C21H21IN2S. The van der Waals surface area contributed by atoms with Crippen molar-refractivity contribution in [2.24, 2.45) is 0 Å². The van der Waals surface area contributed by atoms with Crippen LogP contribution in [0.3, 0.4) is 0 Å². The number of thioether (sulfide) groups is 1. The predicted octanol–water partition coefficient (Wildman–Crippen LogP) is 2.00. The van der Waals surface area contributed by atoms with E-state index in [1.165, 1.54) is 37.8 Å². The molecule has 0 N–H and O–H groups in total. The van der Waals surface area contributed by atoms with Crippen molar-refractivity contribution >= 4 is 34.4 Å². The average Bonchev–Trinajstić information content (AvgIpc) is 2.89. The van der Waals surface area contributed by atoms with Gasteiger partial charge in [0.25, 0.3) is 0 Å². The number of aryl methyl sites for hydroxylation is 2. The van der Waals surface area contributed by atoms with Crippen LogP contribution >= 0.6 is 11.8 Å². The van der Waals surface area contributed by atoms with Gasteiger partial charge in [0.2, 0.25) is 11.2 Å². The van der Waals surface area contributed by atoms with Crippen LogP contribution in [0, 0.1) is 6.92 Å². The summed E-state index contributed by atoms with van der Waals surface area (Å²) in [5.41, 5.74) is 5.13. The molecule has 1 aliphatic rings. The Kier molecular flexibility index (Phi) is 5.39. The monoisotopic (exact) mass is 460 g/mol. The van der Waals surface area contributed by atoms with Gasteiger partial charge in [-0.05, 0) is 43.7 Å². The first-order valence-electron chi connectivity index (χ1n) is 8.33. The van der Waals surface area contributed by atoms with E-state index in [9.17, 15) is 0 Å². The molecule has 128 valence electrons. The summed E-state index contributed by atoms with van der Waals surface area (Å²) in [4.78, 5) is 3.63. The maximum absolute atomic E-state index is 2.38. The van der Waals surface area contributed by atoms with Crippen molar-refractivity contribution < 1.29 is 28.5 Å². The lowest BCUT2D eigenvalue weighted by Crippen LogP contribution is -3.00. The molecule has 0 saturated carbocycles. The highest BCUT2D eigenvalue weighted by Crippen LogP contribution is 2.45. The summed E-state index contributed by atoms with van der Waals surface area (Å²) >= 11 is 1.85. The van der Waals surface area contributed by atoms with E-state index in [0.717, 1.165) is 6.54 Å². The van der Waals surface area contributed by atoms with Crippen LogP contribution in [0.15, 0.2) is 64.5 Å². The van der Waals surface area contributed by atoms with Gasteiger partial charge in [0.1, 0.15) is 6.54 Å². The first kappa shape index (κ1) is 18.3. The standard InChI is InChI=1S/C21H21N2S.HI/c1-4-23-17(11-10-16-7-5-6-8-18(16)23)14-21-22(3)19-12-9-15(2)13-20(19)24-21;/h5-14H,4H2,1-3H3;1H/q+1;/p-1. The Morgan fingerprint density at radius 2 is 1.88 bits per heavy atom. The van der Waals surface area contributed by atoms with Crippen LogP contribution in [0.2, 0.25) is 0 Å². The molecule has 3 aromatic rings. The van der Waals surface area contributed by atoms with Crippen LogP contribution in [0.1, 0.15) is 18.2 Å². The Hall–Kier alpha value is -1.53. The maximum atomic E-state index is 2.38. The van der Waals surface area contributed by atoms with E-state index >= 15 is 0 Å². The van der Waals surface area contributed by atoms with E-state index in [1.807, 2.05) is 11.8 Å². The van der Waals surface area contributed by atoms with Gasteiger partial charge < -0.3 is 28.9 Å². The fourth-order valence-electron chi connectivity index (χ4n) is 3.29. The molecule has 4 heteroatoms. The van der Waals surface area contributed by atoms with Gasteiger partial charge in [-0.15, -0.1) is 0 Å². The second kappa shape index (κ2) is 7.38. The quantitative estimate of drug-likeness (QED) is 0.427. The van der Waals surface area contributed by atoms with E-state index in [2.05, 4.69) is 91.0 Å². The molecule has 0 aliphatic carbocycles. The second-order valence-electron chi connectivity index (χ2n) is 6.18. The van der Waals surface area contributed by atoms with Crippen LogP contribution in [0.25, 0.3) is 17.0 Å². The number of fused-ring (bicyclic) bond motifs is 2. The molecule has 4 rings (SSSR count). The predicted molar refractivity (Wildman–Crippen MR) is 103 cm³/mol. The number of halogens is 1. The third kappa shape index (κ3) is 3.29. The minimum absolute atomic E-state index is 0. The number of pyridine rings is 1. The number of rotatable bonds is 2. The molecular weight excluding hydrogens is 439 g/mol. The number of para-hydroxylation sites is 1. The highest BCUT2D eigenvalue weighted by molar-refractivity contribution is 8.03. The molecule has 1 aliphatic heterocycles. The van der Waals surface area contributed by atoms with E-state index in [0.29, 0.717) is 0 Å². The SMILES string of the molecule is CC[n+]1c(/C=C2\Sc3cc(C)ccc3N2C)ccc2ccccc21.[I-]. The topological polar surface area (TPSA) is 7.12 Å². The molecule has 0 bridgehead atoms. The van der Waals surface area contributed by atoms with Crippen LogP contribution in [-0.4, -0.2) is 7.05 Å². The first-order chi connectivity index (χ1) is 11.7. The zero-order chi connectivity index (χ0) is 16.7. The number of hydrogen-bond acceptors (Lipinski definition) is 2. The molecule has 0 saturated heterocycles. The van der Waals surface area contributed by atoms with Crippen molar-refractivity contribution in [3.05, 3.63) is 70.9 Å². The number of benzene rings is 2. The number of hydrogen-bond donors (Lipinski definition) is 0. The summed E-state index contributed by atoms with van der Waals surface area (Å²) in [7, 11) is 2.15. The van der Waals surface area contributed by atoms with Crippen molar-refractivity contribution in [3.63, 3.8) is 0 Å². The maximum Gasteiger partial charge on any atom is 0.212 e. The normalized spacial score (nSPS) is 14.7. The third-order valence-electron chi connectivity index (χ3n) is 4.58. The molecule has 0 radical (unpaired) electrons. The molecule has 2 heterocycles. The van der Waals surface area contributed by atoms with Gasteiger partial charge in [-0.1, -0.05) is 30.0 Å². The molecule has 2 nitrogen and oxygen atoms in total. The molecule has 0 spiro atoms. The Morgan fingerprint density at radius 3 is 2.68 bits per heavy atom. The zero-order valence-electron chi connectivity index (χ0n) is 14.7. The van der Waals surface area contributed by atoms with Gasteiger partial charge in [0.15, 0.2) is 0 Å². The van der Waals surface area contributed by atoms with E-state index in [1.54, 1.807) is 0 Å². The Bertz CT molecular complexity index is 965. The van der Waals surface area contributed by atoms with Gasteiger partial charge in [-0.25, -0.2) is 0 Å². The van der Waals surface area contributed by atoms with Gasteiger partial charge in [0.05, 0.1) is 10.7 Å². The average molecular weight is 460 g/mol. The fraction of sp³-hybridized carbons (Fsp3) is 0.190. The Morgan fingerprint density at radius 1 is 1.08 bits per heavy atom. The second-order valence-corrected chi connectivity index (χ2v) is 7.24. The molecule has 0 unspecified atom stereocenters. The number of anilines is 1. The van der Waals surface area contributed by atoms with Gasteiger partial charge in [-0.3, -0.25) is 0 Å². The van der Waals surface area contributed by atoms with Crippen molar-refractivity contribution in [3.8, 4) is 0 Å². The van der Waals surface area contributed by atoms with Gasteiger partial charge in [0, 0.05) is 35.5 Å². The molecule has 0 fully saturated rings. The van der Waals surface area contributed by atoms with E-state index in [-0.39, 0.29) is 24.0 Å². The van der Waals surface area contributed by atoms with Crippen LogP contribution in [0.4, 0.5) is 5.69 Å². The zero-order valence-corrected chi connectivity index (χ0v) is 17.6. The number of nitrogens with zero attached hydrogens (tertiary/aromatic N) is 2. The lowest BCUT2D eigenvalue weighted by Gasteiger charge is -2.13. The Labute approximate surface area is 170 Å². The molecule has 1 aromatic heterocycles. The number of aromatic nitrogens is 1. The van der Waals surface area contributed by atoms with Crippen LogP contribution < -0.4 is 33.4 Å². The van der Waals surface area contributed by atoms with Crippen molar-refractivity contribution in [1.82, 2.24) is 0 Å². The summed E-state index contributed by atoms with van der Waals surface area (Å²) in [5, 5.41) is 2.56. The minimum atomic E-state index is 0. The lowest BCUT2D eigenvalue weighted by atomic mass is 10.2. The third-order valence-corrected chi connectivity index (χ3v) is 5.73. The summed E-state index contributed by atoms with van der Waals surface area (Å²) in [6.07, 6.45) is 2.30. The highest BCUT2D eigenvalue weighted by atomic mass is 127. The van der Waals surface area contributed by atoms with Gasteiger partial charge in [-0.2, -0.15) is 4.57 Å². The summed E-state index contributed by atoms with van der Waals surface area (Å²) in [5.74, 6) is 0. The minimum Gasteiger partial charge on any atom is -1.00 e. The molecule has 0 atom stereocenters. The van der Waals surface area contributed by atoms with Gasteiger partial charge >= 0.3 is 0 Å². The lowest BCUT2D eigenvalue weighted by molar-refractivity contribution is -0.669.